The van der Waals surface area contributed by atoms with Crippen LogP contribution in [0.3, 0.4) is 0 Å². The van der Waals surface area contributed by atoms with E-state index in [0.717, 1.165) is 51.5 Å². The SMILES string of the molecule is CCCC[C@H](C)C[C@H](O)/C=C/[C@@H]1[C@H]2CC(CCCCC(=O)NCCC)=C[C@H]2C[C@H]1O. The Bertz CT molecular complexity index is 571. The molecule has 2 aliphatic carbocycles. The van der Waals surface area contributed by atoms with Crippen LogP contribution in [0, 0.1) is 23.7 Å². The van der Waals surface area contributed by atoms with Crippen LogP contribution < -0.4 is 5.32 Å². The Labute approximate surface area is 184 Å². The first-order valence-corrected chi connectivity index (χ1v) is 12.4. The van der Waals surface area contributed by atoms with Gasteiger partial charge in [-0.3, -0.25) is 4.79 Å². The molecule has 0 bridgehead atoms. The Morgan fingerprint density at radius 3 is 2.80 bits per heavy atom. The van der Waals surface area contributed by atoms with E-state index < -0.39 is 6.10 Å². The summed E-state index contributed by atoms with van der Waals surface area (Å²) in [6, 6.07) is 0. The van der Waals surface area contributed by atoms with Gasteiger partial charge in [0.25, 0.3) is 0 Å². The number of carbonyl (C=O) groups excluding carboxylic acids is 1. The maximum atomic E-state index is 11.7. The van der Waals surface area contributed by atoms with Crippen LogP contribution in [0.1, 0.15) is 91.4 Å². The number of rotatable bonds is 14. The molecule has 1 saturated carbocycles. The van der Waals surface area contributed by atoms with Gasteiger partial charge in [-0.2, -0.15) is 0 Å². The lowest BCUT2D eigenvalue weighted by atomic mass is 9.88. The van der Waals surface area contributed by atoms with Gasteiger partial charge in [0.2, 0.25) is 5.91 Å². The largest absolute Gasteiger partial charge is 0.392 e. The summed E-state index contributed by atoms with van der Waals surface area (Å²) in [6.45, 7) is 7.26. The van der Waals surface area contributed by atoms with E-state index in [0.29, 0.717) is 24.2 Å². The molecule has 0 aromatic carbocycles. The highest BCUT2D eigenvalue weighted by atomic mass is 16.3. The Hall–Kier alpha value is -1.13. The number of hydrogen-bond donors (Lipinski definition) is 3. The minimum absolute atomic E-state index is 0.157. The molecule has 4 nitrogen and oxygen atoms in total. The first-order chi connectivity index (χ1) is 14.4. The van der Waals surface area contributed by atoms with E-state index >= 15 is 0 Å². The average Bonchev–Trinajstić information content (AvgIpc) is 3.22. The van der Waals surface area contributed by atoms with Crippen molar-refractivity contribution in [1.29, 1.82) is 0 Å². The van der Waals surface area contributed by atoms with Crippen molar-refractivity contribution in [2.45, 2.75) is 104 Å². The highest BCUT2D eigenvalue weighted by molar-refractivity contribution is 5.75. The van der Waals surface area contributed by atoms with Crippen LogP contribution in [-0.2, 0) is 4.79 Å². The number of nitrogens with one attached hydrogen (secondary N) is 1. The van der Waals surface area contributed by atoms with Crippen LogP contribution in [-0.4, -0.2) is 34.9 Å². The lowest BCUT2D eigenvalue weighted by molar-refractivity contribution is -0.121. The standard InChI is InChI=1S/C26H45NO3/c1-4-6-9-19(3)15-22(28)12-13-23-24-17-20(16-21(24)18-25(23)29)10-7-8-11-26(30)27-14-5-2/h12-13,16,19,21-25,28-29H,4-11,14-15,17-18H2,1-3H3,(H,27,30)/b13-12+/t19-,21-,22+,23+,24-,25+/m0/s1. The minimum Gasteiger partial charge on any atom is -0.392 e. The molecular formula is C26H45NO3. The summed E-state index contributed by atoms with van der Waals surface area (Å²) in [5.74, 6) is 1.81. The maximum Gasteiger partial charge on any atom is 0.219 e. The third kappa shape index (κ3) is 8.19. The van der Waals surface area contributed by atoms with Crippen LogP contribution in [0.2, 0.25) is 0 Å². The Morgan fingerprint density at radius 1 is 1.27 bits per heavy atom. The second-order valence-corrected chi connectivity index (χ2v) is 9.73. The molecule has 0 unspecified atom stereocenters. The normalized spacial score (nSPS) is 27.8. The summed E-state index contributed by atoms with van der Waals surface area (Å²) in [6.07, 6.45) is 16.7. The highest BCUT2D eigenvalue weighted by Crippen LogP contribution is 2.48. The van der Waals surface area contributed by atoms with Gasteiger partial charge in [0.15, 0.2) is 0 Å². The predicted molar refractivity (Wildman–Crippen MR) is 124 cm³/mol. The molecule has 0 radical (unpaired) electrons. The molecule has 0 heterocycles. The fraction of sp³-hybridized carbons (Fsp3) is 0.808. The van der Waals surface area contributed by atoms with Gasteiger partial charge < -0.3 is 15.5 Å². The molecule has 1 fully saturated rings. The van der Waals surface area contributed by atoms with Crippen LogP contribution in [0.4, 0.5) is 0 Å². The summed E-state index contributed by atoms with van der Waals surface area (Å²) in [4.78, 5) is 11.7. The number of aliphatic hydroxyl groups is 2. The quantitative estimate of drug-likeness (QED) is 0.269. The second kappa shape index (κ2) is 13.3. The molecule has 0 spiro atoms. The van der Waals surface area contributed by atoms with Crippen molar-refractivity contribution in [3.05, 3.63) is 23.8 Å². The minimum atomic E-state index is -0.407. The summed E-state index contributed by atoms with van der Waals surface area (Å²) < 4.78 is 0. The van der Waals surface area contributed by atoms with Crippen molar-refractivity contribution in [3.63, 3.8) is 0 Å². The van der Waals surface area contributed by atoms with E-state index in [1.807, 2.05) is 6.08 Å². The zero-order valence-electron chi connectivity index (χ0n) is 19.5. The van der Waals surface area contributed by atoms with Gasteiger partial charge in [0.05, 0.1) is 12.2 Å². The zero-order chi connectivity index (χ0) is 21.9. The van der Waals surface area contributed by atoms with E-state index in [2.05, 4.69) is 38.2 Å². The molecule has 172 valence electrons. The summed E-state index contributed by atoms with van der Waals surface area (Å²) >= 11 is 0. The monoisotopic (exact) mass is 419 g/mol. The number of carbonyl (C=O) groups is 1. The van der Waals surface area contributed by atoms with Gasteiger partial charge >= 0.3 is 0 Å². The third-order valence-electron chi connectivity index (χ3n) is 6.92. The van der Waals surface area contributed by atoms with Crippen molar-refractivity contribution in [3.8, 4) is 0 Å². The lowest BCUT2D eigenvalue weighted by Crippen LogP contribution is -2.23. The first-order valence-electron chi connectivity index (χ1n) is 12.4. The summed E-state index contributed by atoms with van der Waals surface area (Å²) in [5.41, 5.74) is 1.50. The van der Waals surface area contributed by atoms with Crippen molar-refractivity contribution < 1.29 is 15.0 Å². The number of allylic oxidation sites excluding steroid dienone is 2. The van der Waals surface area contributed by atoms with Gasteiger partial charge in [-0.1, -0.05) is 63.8 Å². The van der Waals surface area contributed by atoms with Gasteiger partial charge in [-0.05, 0) is 62.7 Å². The molecule has 0 aromatic heterocycles. The van der Waals surface area contributed by atoms with Gasteiger partial charge in [0.1, 0.15) is 0 Å². The molecule has 3 N–H and O–H groups in total. The average molecular weight is 420 g/mol. The van der Waals surface area contributed by atoms with E-state index in [9.17, 15) is 15.0 Å². The molecule has 0 saturated heterocycles. The Balaban J connectivity index is 1.73. The van der Waals surface area contributed by atoms with Crippen molar-refractivity contribution >= 4 is 5.91 Å². The number of unbranched alkanes of at least 4 members (excludes halogenated alkanes) is 2. The van der Waals surface area contributed by atoms with Gasteiger partial charge in [-0.25, -0.2) is 0 Å². The summed E-state index contributed by atoms with van der Waals surface area (Å²) in [5, 5.41) is 23.9. The van der Waals surface area contributed by atoms with Crippen LogP contribution in [0.5, 0.6) is 0 Å². The third-order valence-corrected chi connectivity index (χ3v) is 6.92. The van der Waals surface area contributed by atoms with Crippen molar-refractivity contribution in [1.82, 2.24) is 5.32 Å². The van der Waals surface area contributed by atoms with Crippen LogP contribution >= 0.6 is 0 Å². The topological polar surface area (TPSA) is 69.6 Å². The van der Waals surface area contributed by atoms with Gasteiger partial charge in [0, 0.05) is 18.9 Å². The van der Waals surface area contributed by atoms with Gasteiger partial charge in [-0.15, -0.1) is 0 Å². The van der Waals surface area contributed by atoms with E-state index in [4.69, 9.17) is 0 Å². The zero-order valence-corrected chi connectivity index (χ0v) is 19.5. The smallest absolute Gasteiger partial charge is 0.219 e. The van der Waals surface area contributed by atoms with E-state index in [1.165, 1.54) is 24.8 Å². The molecule has 4 heteroatoms. The molecular weight excluding hydrogens is 374 g/mol. The number of hydrogen-bond acceptors (Lipinski definition) is 3. The van der Waals surface area contributed by atoms with E-state index in [1.54, 1.807) is 0 Å². The number of amides is 1. The lowest BCUT2D eigenvalue weighted by Gasteiger charge is -2.19. The second-order valence-electron chi connectivity index (χ2n) is 9.73. The van der Waals surface area contributed by atoms with Crippen LogP contribution in [0.25, 0.3) is 0 Å². The highest BCUT2D eigenvalue weighted by Gasteiger charge is 2.43. The Morgan fingerprint density at radius 2 is 2.07 bits per heavy atom. The molecule has 6 atom stereocenters. The fourth-order valence-electron chi connectivity index (χ4n) is 5.20. The molecule has 1 amide bonds. The predicted octanol–water partition coefficient (Wildman–Crippen LogP) is 5.15. The maximum absolute atomic E-state index is 11.7. The summed E-state index contributed by atoms with van der Waals surface area (Å²) in [7, 11) is 0. The molecule has 0 aromatic rings. The van der Waals surface area contributed by atoms with Crippen molar-refractivity contribution in [2.24, 2.45) is 23.7 Å². The Kier molecular flexibility index (Phi) is 11.2. The molecule has 0 aliphatic heterocycles. The van der Waals surface area contributed by atoms with Crippen molar-refractivity contribution in [2.75, 3.05) is 6.54 Å². The fourth-order valence-corrected chi connectivity index (χ4v) is 5.20. The first kappa shape index (κ1) is 25.1. The van der Waals surface area contributed by atoms with Crippen LogP contribution in [0.15, 0.2) is 23.8 Å². The number of fused-ring (bicyclic) bond motifs is 1. The molecule has 2 rings (SSSR count). The molecule has 2 aliphatic rings. The van der Waals surface area contributed by atoms with E-state index in [-0.39, 0.29) is 17.9 Å². The number of aliphatic hydroxyl groups excluding tert-OH is 2. The molecule has 30 heavy (non-hydrogen) atoms.